The zero-order valence-corrected chi connectivity index (χ0v) is 20.5. The number of anilines is 1. The SMILES string of the molecule is COCCN(C(=O)CCC(=O)Nc1cc(C)on1)[C@@H](C(=O)NC[C@@H]1CCCO1)c1ccccc1C. The molecule has 3 amide bonds. The number of hydrogen-bond donors (Lipinski definition) is 2. The molecule has 190 valence electrons. The van der Waals surface area contributed by atoms with Crippen LogP contribution in [0.4, 0.5) is 5.82 Å². The molecule has 0 bridgehead atoms. The van der Waals surface area contributed by atoms with Crippen molar-refractivity contribution in [3.63, 3.8) is 0 Å². The molecule has 1 fully saturated rings. The normalized spacial score (nSPS) is 16.0. The van der Waals surface area contributed by atoms with Crippen LogP contribution in [0.3, 0.4) is 0 Å². The number of benzene rings is 1. The lowest BCUT2D eigenvalue weighted by Gasteiger charge is -2.32. The molecule has 3 rings (SSSR count). The number of ether oxygens (including phenoxy) is 2. The molecule has 10 nitrogen and oxygen atoms in total. The van der Waals surface area contributed by atoms with Crippen molar-refractivity contribution in [2.75, 3.05) is 38.7 Å². The summed E-state index contributed by atoms with van der Waals surface area (Å²) in [5.41, 5.74) is 1.61. The number of nitrogens with one attached hydrogen (secondary N) is 2. The third kappa shape index (κ3) is 7.63. The molecule has 0 saturated carbocycles. The summed E-state index contributed by atoms with van der Waals surface area (Å²) < 4.78 is 15.8. The van der Waals surface area contributed by atoms with E-state index in [4.69, 9.17) is 14.0 Å². The summed E-state index contributed by atoms with van der Waals surface area (Å²) >= 11 is 0. The van der Waals surface area contributed by atoms with Crippen molar-refractivity contribution < 1.29 is 28.4 Å². The Morgan fingerprint density at radius 2 is 2.03 bits per heavy atom. The van der Waals surface area contributed by atoms with E-state index in [1.165, 1.54) is 12.0 Å². The molecule has 1 saturated heterocycles. The molecule has 0 spiro atoms. The summed E-state index contributed by atoms with van der Waals surface area (Å²) in [5.74, 6) is -0.121. The standard InChI is InChI=1S/C25H34N4O6/c1-17-7-4-5-9-20(17)24(25(32)26-16-19-8-6-13-34-19)29(12-14-33-3)23(31)11-10-22(30)27-21-15-18(2)35-28-21/h4-5,7,9,15,19,24H,6,8,10-14,16H2,1-3H3,(H,26,32)(H,27,28,30)/t19-,24+/m0/s1. The molecule has 35 heavy (non-hydrogen) atoms. The Labute approximate surface area is 205 Å². The van der Waals surface area contributed by atoms with E-state index in [0.717, 1.165) is 24.0 Å². The molecule has 2 atom stereocenters. The van der Waals surface area contributed by atoms with Crippen LogP contribution in [0.15, 0.2) is 34.9 Å². The number of rotatable bonds is 12. The van der Waals surface area contributed by atoms with E-state index in [9.17, 15) is 14.4 Å². The maximum atomic E-state index is 13.4. The summed E-state index contributed by atoms with van der Waals surface area (Å²) in [6.45, 7) is 5.14. The smallest absolute Gasteiger partial charge is 0.247 e. The van der Waals surface area contributed by atoms with Crippen molar-refractivity contribution in [2.24, 2.45) is 0 Å². The Kier molecular flexibility index (Phi) is 9.80. The molecule has 1 aromatic heterocycles. The highest BCUT2D eigenvalue weighted by Gasteiger charge is 2.33. The minimum atomic E-state index is -0.860. The average molecular weight is 487 g/mol. The highest BCUT2D eigenvalue weighted by Crippen LogP contribution is 2.26. The molecule has 0 aliphatic carbocycles. The van der Waals surface area contributed by atoms with Gasteiger partial charge in [-0.3, -0.25) is 14.4 Å². The Morgan fingerprint density at radius 3 is 2.69 bits per heavy atom. The maximum Gasteiger partial charge on any atom is 0.247 e. The summed E-state index contributed by atoms with van der Waals surface area (Å²) in [6, 6.07) is 8.21. The molecule has 2 N–H and O–H groups in total. The summed E-state index contributed by atoms with van der Waals surface area (Å²) in [5, 5.41) is 9.31. The number of carbonyl (C=O) groups is 3. The van der Waals surface area contributed by atoms with E-state index in [0.29, 0.717) is 24.7 Å². The lowest BCUT2D eigenvalue weighted by molar-refractivity contribution is -0.142. The van der Waals surface area contributed by atoms with Crippen molar-refractivity contribution in [1.29, 1.82) is 0 Å². The van der Waals surface area contributed by atoms with Crippen LogP contribution in [0, 0.1) is 13.8 Å². The topological polar surface area (TPSA) is 123 Å². The third-order valence-corrected chi connectivity index (χ3v) is 5.89. The van der Waals surface area contributed by atoms with E-state index in [1.54, 1.807) is 13.0 Å². The van der Waals surface area contributed by atoms with Gasteiger partial charge in [0.1, 0.15) is 11.8 Å². The number of nitrogens with zero attached hydrogens (tertiary/aromatic N) is 2. The largest absolute Gasteiger partial charge is 0.383 e. The molecule has 2 aromatic rings. The highest BCUT2D eigenvalue weighted by atomic mass is 16.5. The predicted molar refractivity (Wildman–Crippen MR) is 129 cm³/mol. The first kappa shape index (κ1) is 26.4. The summed E-state index contributed by atoms with van der Waals surface area (Å²) in [4.78, 5) is 40.6. The second kappa shape index (κ2) is 13.0. The molecule has 10 heteroatoms. The maximum absolute atomic E-state index is 13.4. The Morgan fingerprint density at radius 1 is 1.23 bits per heavy atom. The zero-order valence-electron chi connectivity index (χ0n) is 20.5. The highest BCUT2D eigenvalue weighted by molar-refractivity contribution is 5.94. The first-order chi connectivity index (χ1) is 16.9. The fraction of sp³-hybridized carbons (Fsp3) is 0.520. The number of carbonyl (C=O) groups excluding carboxylic acids is 3. The van der Waals surface area contributed by atoms with Crippen LogP contribution in [0.1, 0.15) is 48.6 Å². The van der Waals surface area contributed by atoms with Gasteiger partial charge in [0.15, 0.2) is 5.82 Å². The van der Waals surface area contributed by atoms with Gasteiger partial charge in [-0.15, -0.1) is 0 Å². The van der Waals surface area contributed by atoms with Crippen LogP contribution >= 0.6 is 0 Å². The van der Waals surface area contributed by atoms with E-state index in [-0.39, 0.29) is 49.8 Å². The molecular weight excluding hydrogens is 452 g/mol. The summed E-state index contributed by atoms with van der Waals surface area (Å²) in [6.07, 6.45) is 1.70. The van der Waals surface area contributed by atoms with Crippen LogP contribution in [0.25, 0.3) is 0 Å². The molecule has 1 aromatic carbocycles. The first-order valence-electron chi connectivity index (χ1n) is 11.9. The van der Waals surface area contributed by atoms with Crippen LogP contribution in [-0.4, -0.2) is 67.3 Å². The van der Waals surface area contributed by atoms with Gasteiger partial charge in [0, 0.05) is 45.7 Å². The van der Waals surface area contributed by atoms with Gasteiger partial charge in [-0.25, -0.2) is 0 Å². The van der Waals surface area contributed by atoms with Crippen molar-refractivity contribution in [1.82, 2.24) is 15.4 Å². The molecule has 2 heterocycles. The minimum absolute atomic E-state index is 0.0246. The van der Waals surface area contributed by atoms with Gasteiger partial charge in [0.25, 0.3) is 0 Å². The lowest BCUT2D eigenvalue weighted by atomic mass is 9.98. The average Bonchev–Trinajstić information content (AvgIpc) is 3.51. The van der Waals surface area contributed by atoms with Gasteiger partial charge in [0.05, 0.1) is 12.7 Å². The number of aryl methyl sites for hydroxylation is 2. The van der Waals surface area contributed by atoms with E-state index < -0.39 is 6.04 Å². The second-order valence-electron chi connectivity index (χ2n) is 8.59. The van der Waals surface area contributed by atoms with Crippen LogP contribution in [-0.2, 0) is 23.9 Å². The number of aromatic nitrogens is 1. The van der Waals surface area contributed by atoms with Crippen molar-refractivity contribution >= 4 is 23.5 Å². The predicted octanol–water partition coefficient (Wildman–Crippen LogP) is 2.52. The van der Waals surface area contributed by atoms with Crippen LogP contribution in [0.2, 0.25) is 0 Å². The molecule has 0 unspecified atom stereocenters. The van der Waals surface area contributed by atoms with Gasteiger partial charge in [-0.05, 0) is 37.8 Å². The van der Waals surface area contributed by atoms with Crippen LogP contribution < -0.4 is 10.6 Å². The molecular formula is C25H34N4O6. The van der Waals surface area contributed by atoms with Crippen LogP contribution in [0.5, 0.6) is 0 Å². The quantitative estimate of drug-likeness (QED) is 0.473. The van der Waals surface area contributed by atoms with E-state index in [2.05, 4.69) is 15.8 Å². The molecule has 1 aliphatic heterocycles. The van der Waals surface area contributed by atoms with Crippen molar-refractivity contribution in [3.05, 3.63) is 47.2 Å². The Balaban J connectivity index is 1.75. The molecule has 1 aliphatic rings. The van der Waals surface area contributed by atoms with Crippen molar-refractivity contribution in [3.8, 4) is 0 Å². The number of methoxy groups -OCH3 is 1. The number of hydrogen-bond acceptors (Lipinski definition) is 7. The van der Waals surface area contributed by atoms with Crippen molar-refractivity contribution in [2.45, 2.75) is 51.7 Å². The van der Waals surface area contributed by atoms with Gasteiger partial charge in [-0.2, -0.15) is 0 Å². The fourth-order valence-electron chi connectivity index (χ4n) is 4.04. The van der Waals surface area contributed by atoms with E-state index >= 15 is 0 Å². The third-order valence-electron chi connectivity index (χ3n) is 5.89. The lowest BCUT2D eigenvalue weighted by Crippen LogP contribution is -2.46. The second-order valence-corrected chi connectivity index (χ2v) is 8.59. The zero-order chi connectivity index (χ0) is 25.2. The minimum Gasteiger partial charge on any atom is -0.383 e. The van der Waals surface area contributed by atoms with E-state index in [1.807, 2.05) is 31.2 Å². The molecule has 0 radical (unpaired) electrons. The van der Waals surface area contributed by atoms with Gasteiger partial charge < -0.3 is 29.5 Å². The fourth-order valence-corrected chi connectivity index (χ4v) is 4.04. The Bertz CT molecular complexity index is 1000. The van der Waals surface area contributed by atoms with Gasteiger partial charge in [-0.1, -0.05) is 29.4 Å². The van der Waals surface area contributed by atoms with Gasteiger partial charge in [0.2, 0.25) is 17.7 Å². The first-order valence-corrected chi connectivity index (χ1v) is 11.9. The monoisotopic (exact) mass is 486 g/mol. The summed E-state index contributed by atoms with van der Waals surface area (Å²) in [7, 11) is 1.54. The number of amides is 3. The Hall–Kier alpha value is -3.24. The van der Waals surface area contributed by atoms with Gasteiger partial charge >= 0.3 is 0 Å².